The number of pyridine rings is 1. The van der Waals surface area contributed by atoms with Crippen LogP contribution in [0.3, 0.4) is 0 Å². The van der Waals surface area contributed by atoms with Crippen molar-refractivity contribution in [3.63, 3.8) is 0 Å². The van der Waals surface area contributed by atoms with Gasteiger partial charge >= 0.3 is 0 Å². The summed E-state index contributed by atoms with van der Waals surface area (Å²) in [6.45, 7) is 5.59. The van der Waals surface area contributed by atoms with Crippen LogP contribution in [0.1, 0.15) is 24.5 Å². The van der Waals surface area contributed by atoms with Crippen LogP contribution in [0.15, 0.2) is 53.9 Å². The zero-order chi connectivity index (χ0) is 17.5. The van der Waals surface area contributed by atoms with Gasteiger partial charge in [0.15, 0.2) is 0 Å². The largest absolute Gasteiger partial charge is 0.299 e. The lowest BCUT2D eigenvalue weighted by Crippen LogP contribution is -2.32. The third kappa shape index (κ3) is 2.54. The van der Waals surface area contributed by atoms with Gasteiger partial charge in [-0.05, 0) is 58.8 Å². The second-order valence-corrected chi connectivity index (χ2v) is 8.05. The standard InChI is InChI=1S/C23H22N2S/c1-2-12-25-13-11-18-19(15-25)23(21-8-5-14-26-21)24-20-10-9-16-6-3-4-7-17(16)22(18)20/h3-10,14H,2,11-13,15H2,1H3. The van der Waals surface area contributed by atoms with E-state index in [0.29, 0.717) is 0 Å². The predicted molar refractivity (Wildman–Crippen MR) is 112 cm³/mol. The van der Waals surface area contributed by atoms with Gasteiger partial charge in [-0.3, -0.25) is 4.90 Å². The predicted octanol–water partition coefficient (Wildman–Crippen LogP) is 5.88. The van der Waals surface area contributed by atoms with E-state index in [1.165, 1.54) is 44.3 Å². The summed E-state index contributed by atoms with van der Waals surface area (Å²) in [5.74, 6) is 0. The van der Waals surface area contributed by atoms with Gasteiger partial charge in [-0.2, -0.15) is 0 Å². The van der Waals surface area contributed by atoms with Crippen molar-refractivity contribution in [2.24, 2.45) is 0 Å². The Morgan fingerprint density at radius 1 is 1.04 bits per heavy atom. The Balaban J connectivity index is 1.83. The number of fused-ring (bicyclic) bond motifs is 5. The van der Waals surface area contributed by atoms with Gasteiger partial charge in [-0.25, -0.2) is 4.98 Å². The lowest BCUT2D eigenvalue weighted by Gasteiger charge is -2.30. The molecular weight excluding hydrogens is 336 g/mol. The van der Waals surface area contributed by atoms with Crippen LogP contribution in [0.2, 0.25) is 0 Å². The van der Waals surface area contributed by atoms with Gasteiger partial charge in [-0.15, -0.1) is 11.3 Å². The molecule has 0 atom stereocenters. The van der Waals surface area contributed by atoms with Crippen LogP contribution >= 0.6 is 11.3 Å². The van der Waals surface area contributed by atoms with E-state index in [1.54, 1.807) is 11.3 Å². The number of hydrogen-bond acceptors (Lipinski definition) is 3. The highest BCUT2D eigenvalue weighted by molar-refractivity contribution is 7.13. The molecule has 0 amide bonds. The zero-order valence-electron chi connectivity index (χ0n) is 15.0. The molecule has 3 heterocycles. The van der Waals surface area contributed by atoms with Crippen molar-refractivity contribution in [2.45, 2.75) is 26.3 Å². The lowest BCUT2D eigenvalue weighted by molar-refractivity contribution is 0.255. The minimum Gasteiger partial charge on any atom is -0.299 e. The number of nitrogens with zero attached hydrogens (tertiary/aromatic N) is 2. The molecule has 26 heavy (non-hydrogen) atoms. The van der Waals surface area contributed by atoms with E-state index in [2.05, 4.69) is 65.7 Å². The Kier molecular flexibility index (Phi) is 3.99. The van der Waals surface area contributed by atoms with E-state index in [9.17, 15) is 0 Å². The summed E-state index contributed by atoms with van der Waals surface area (Å²) in [5.41, 5.74) is 5.28. The van der Waals surface area contributed by atoms with E-state index < -0.39 is 0 Å². The average molecular weight is 359 g/mol. The van der Waals surface area contributed by atoms with Crippen LogP contribution in [-0.2, 0) is 13.0 Å². The summed E-state index contributed by atoms with van der Waals surface area (Å²) in [4.78, 5) is 9.03. The number of thiophene rings is 1. The number of rotatable bonds is 3. The Labute approximate surface area is 158 Å². The number of hydrogen-bond donors (Lipinski definition) is 0. The van der Waals surface area contributed by atoms with Crippen molar-refractivity contribution < 1.29 is 0 Å². The van der Waals surface area contributed by atoms with E-state index >= 15 is 0 Å². The normalized spacial score (nSPS) is 14.8. The van der Waals surface area contributed by atoms with Crippen molar-refractivity contribution in [3.05, 3.63) is 65.0 Å². The molecule has 0 radical (unpaired) electrons. The highest BCUT2D eigenvalue weighted by Crippen LogP contribution is 2.38. The first kappa shape index (κ1) is 16.0. The molecule has 0 bridgehead atoms. The number of benzene rings is 2. The highest BCUT2D eigenvalue weighted by atomic mass is 32.1. The third-order valence-electron chi connectivity index (χ3n) is 5.45. The van der Waals surface area contributed by atoms with Gasteiger partial charge in [0.1, 0.15) is 0 Å². The maximum Gasteiger partial charge on any atom is 0.0857 e. The van der Waals surface area contributed by atoms with Crippen LogP contribution in [-0.4, -0.2) is 23.0 Å². The average Bonchev–Trinajstić information content (AvgIpc) is 3.21. The molecular formula is C23H22N2S. The molecule has 2 nitrogen and oxygen atoms in total. The Morgan fingerprint density at radius 2 is 1.96 bits per heavy atom. The smallest absolute Gasteiger partial charge is 0.0857 e. The van der Waals surface area contributed by atoms with Crippen LogP contribution in [0.5, 0.6) is 0 Å². The topological polar surface area (TPSA) is 16.1 Å². The molecule has 1 aliphatic rings. The Hall–Kier alpha value is -2.23. The molecule has 3 heteroatoms. The molecule has 0 unspecified atom stereocenters. The molecule has 5 rings (SSSR count). The van der Waals surface area contributed by atoms with Gasteiger partial charge in [0.25, 0.3) is 0 Å². The molecule has 0 saturated heterocycles. The molecule has 0 fully saturated rings. The molecule has 1 aliphatic heterocycles. The summed E-state index contributed by atoms with van der Waals surface area (Å²) in [6, 6.07) is 17.5. The molecule has 2 aromatic heterocycles. The van der Waals surface area contributed by atoms with Gasteiger partial charge in [0, 0.05) is 18.5 Å². The second kappa shape index (κ2) is 6.49. The van der Waals surface area contributed by atoms with Crippen LogP contribution in [0.4, 0.5) is 0 Å². The van der Waals surface area contributed by atoms with E-state index in [-0.39, 0.29) is 0 Å². The van der Waals surface area contributed by atoms with Crippen LogP contribution in [0.25, 0.3) is 32.2 Å². The van der Waals surface area contributed by atoms with E-state index in [1.807, 2.05) is 0 Å². The van der Waals surface area contributed by atoms with Gasteiger partial charge in [-0.1, -0.05) is 43.3 Å². The maximum absolute atomic E-state index is 5.16. The lowest BCUT2D eigenvalue weighted by atomic mass is 9.91. The Morgan fingerprint density at radius 3 is 2.81 bits per heavy atom. The van der Waals surface area contributed by atoms with Crippen LogP contribution in [0, 0.1) is 0 Å². The summed E-state index contributed by atoms with van der Waals surface area (Å²) < 4.78 is 0. The molecule has 0 N–H and O–H groups in total. The van der Waals surface area contributed by atoms with Crippen LogP contribution < -0.4 is 0 Å². The van der Waals surface area contributed by atoms with Gasteiger partial charge in [0.05, 0.1) is 16.1 Å². The first-order chi connectivity index (χ1) is 12.8. The second-order valence-electron chi connectivity index (χ2n) is 7.10. The fraction of sp³-hybridized carbons (Fsp3) is 0.261. The fourth-order valence-electron chi connectivity index (χ4n) is 4.30. The summed E-state index contributed by atoms with van der Waals surface area (Å²) >= 11 is 1.79. The van der Waals surface area contributed by atoms with Gasteiger partial charge in [0.2, 0.25) is 0 Å². The zero-order valence-corrected chi connectivity index (χ0v) is 15.9. The Bertz CT molecular complexity index is 1080. The SMILES string of the molecule is CCCN1CCc2c(c(-c3cccs3)nc3ccc4ccccc4c23)C1. The van der Waals surface area contributed by atoms with Crippen molar-refractivity contribution in [1.82, 2.24) is 9.88 Å². The van der Waals surface area contributed by atoms with Crippen molar-refractivity contribution in [1.29, 1.82) is 0 Å². The quantitative estimate of drug-likeness (QED) is 0.425. The monoisotopic (exact) mass is 358 g/mol. The molecule has 0 saturated carbocycles. The summed E-state index contributed by atoms with van der Waals surface area (Å²) in [6.07, 6.45) is 2.31. The number of aromatic nitrogens is 1. The minimum atomic E-state index is 1.02. The first-order valence-electron chi connectivity index (χ1n) is 9.44. The van der Waals surface area contributed by atoms with E-state index in [4.69, 9.17) is 4.98 Å². The third-order valence-corrected chi connectivity index (χ3v) is 6.32. The molecule has 0 spiro atoms. The summed E-state index contributed by atoms with van der Waals surface area (Å²) in [5, 5.41) is 6.18. The molecule has 4 aromatic rings. The van der Waals surface area contributed by atoms with Gasteiger partial charge < -0.3 is 0 Å². The van der Waals surface area contributed by atoms with Crippen molar-refractivity contribution >= 4 is 33.0 Å². The molecule has 2 aromatic carbocycles. The highest BCUT2D eigenvalue weighted by Gasteiger charge is 2.24. The minimum absolute atomic E-state index is 1.02. The van der Waals surface area contributed by atoms with E-state index in [0.717, 1.165) is 31.6 Å². The van der Waals surface area contributed by atoms with Crippen molar-refractivity contribution in [2.75, 3.05) is 13.1 Å². The fourth-order valence-corrected chi connectivity index (χ4v) is 5.04. The first-order valence-corrected chi connectivity index (χ1v) is 10.3. The van der Waals surface area contributed by atoms with Crippen molar-refractivity contribution in [3.8, 4) is 10.6 Å². The maximum atomic E-state index is 5.16. The molecule has 130 valence electrons. The molecule has 0 aliphatic carbocycles. The summed E-state index contributed by atoms with van der Waals surface area (Å²) in [7, 11) is 0.